The van der Waals surface area contributed by atoms with Gasteiger partial charge in [-0.1, -0.05) is 27.2 Å². The molecule has 1 rings (SSSR count). The highest BCUT2D eigenvalue weighted by atomic mass is 15.2. The highest BCUT2D eigenvalue weighted by Gasteiger charge is 2.12. The number of nitrogens with zero attached hydrogens (tertiary/aromatic N) is 3. The number of rotatable bonds is 6. The third-order valence-electron chi connectivity index (χ3n) is 2.86. The molecule has 96 valence electrons. The van der Waals surface area contributed by atoms with Crippen molar-refractivity contribution in [3.63, 3.8) is 0 Å². The number of anilines is 2. The summed E-state index contributed by atoms with van der Waals surface area (Å²) in [5, 5.41) is 0. The van der Waals surface area contributed by atoms with E-state index < -0.39 is 0 Å². The van der Waals surface area contributed by atoms with Gasteiger partial charge in [0.25, 0.3) is 0 Å². The second-order valence-corrected chi connectivity index (χ2v) is 4.92. The number of aromatic nitrogens is 2. The molecule has 0 aliphatic rings. The Bertz CT molecular complexity index is 349. The lowest BCUT2D eigenvalue weighted by Gasteiger charge is -2.22. The third kappa shape index (κ3) is 3.88. The molecule has 0 saturated heterocycles. The number of nitrogens with two attached hydrogens (primary N) is 1. The highest BCUT2D eigenvalue weighted by molar-refractivity contribution is 5.56. The van der Waals surface area contributed by atoms with E-state index in [0.29, 0.717) is 11.7 Å². The van der Waals surface area contributed by atoms with Gasteiger partial charge in [-0.25, -0.2) is 9.97 Å². The van der Waals surface area contributed by atoms with Crippen LogP contribution in [0.25, 0.3) is 0 Å². The van der Waals surface area contributed by atoms with E-state index in [4.69, 9.17) is 5.73 Å². The molecule has 0 radical (unpaired) electrons. The van der Waals surface area contributed by atoms with Crippen molar-refractivity contribution >= 4 is 11.6 Å². The Labute approximate surface area is 104 Å². The quantitative estimate of drug-likeness (QED) is 0.824. The zero-order valence-corrected chi connectivity index (χ0v) is 11.4. The van der Waals surface area contributed by atoms with Crippen LogP contribution in [0.15, 0.2) is 6.33 Å². The molecule has 17 heavy (non-hydrogen) atoms. The number of nitrogen functional groups attached to an aromatic ring is 1. The van der Waals surface area contributed by atoms with Gasteiger partial charge in [-0.2, -0.15) is 0 Å². The fraction of sp³-hybridized carbons (Fsp3) is 0.692. The lowest BCUT2D eigenvalue weighted by atomic mass is 10.1. The Morgan fingerprint density at radius 3 is 2.65 bits per heavy atom. The summed E-state index contributed by atoms with van der Waals surface area (Å²) in [4.78, 5) is 10.6. The standard InChI is InChI=1S/C13H24N4/c1-5-6-11-12(14)15-9-16-13(11)17(4)8-7-10(2)3/h9-10H,5-8H2,1-4H3,(H2,14,15,16). The molecule has 0 atom stereocenters. The van der Waals surface area contributed by atoms with E-state index >= 15 is 0 Å². The van der Waals surface area contributed by atoms with Gasteiger partial charge >= 0.3 is 0 Å². The van der Waals surface area contributed by atoms with E-state index in [-0.39, 0.29) is 0 Å². The van der Waals surface area contributed by atoms with E-state index in [1.54, 1.807) is 6.33 Å². The maximum Gasteiger partial charge on any atom is 0.137 e. The molecule has 0 bridgehead atoms. The normalized spacial score (nSPS) is 10.9. The monoisotopic (exact) mass is 236 g/mol. The van der Waals surface area contributed by atoms with Crippen molar-refractivity contribution in [1.82, 2.24) is 9.97 Å². The van der Waals surface area contributed by atoms with Crippen LogP contribution in [-0.2, 0) is 6.42 Å². The zero-order valence-electron chi connectivity index (χ0n) is 11.4. The first kappa shape index (κ1) is 13.7. The summed E-state index contributed by atoms with van der Waals surface area (Å²) in [5.74, 6) is 2.31. The molecule has 0 aromatic carbocycles. The maximum atomic E-state index is 5.92. The molecule has 4 nitrogen and oxygen atoms in total. The van der Waals surface area contributed by atoms with Gasteiger partial charge in [0.15, 0.2) is 0 Å². The van der Waals surface area contributed by atoms with Crippen molar-refractivity contribution < 1.29 is 0 Å². The van der Waals surface area contributed by atoms with Gasteiger partial charge in [0.1, 0.15) is 18.0 Å². The van der Waals surface area contributed by atoms with Gasteiger partial charge in [-0.05, 0) is 18.8 Å². The second kappa shape index (κ2) is 6.42. The van der Waals surface area contributed by atoms with Gasteiger partial charge in [0.05, 0.1) is 0 Å². The maximum absolute atomic E-state index is 5.92. The summed E-state index contributed by atoms with van der Waals surface area (Å²) in [7, 11) is 2.07. The van der Waals surface area contributed by atoms with Crippen molar-refractivity contribution in [3.05, 3.63) is 11.9 Å². The first-order valence-corrected chi connectivity index (χ1v) is 6.36. The lowest BCUT2D eigenvalue weighted by molar-refractivity contribution is 0.582. The van der Waals surface area contributed by atoms with Gasteiger partial charge in [0, 0.05) is 19.2 Å². The molecule has 1 heterocycles. The minimum absolute atomic E-state index is 0.619. The van der Waals surface area contributed by atoms with Crippen molar-refractivity contribution in [1.29, 1.82) is 0 Å². The zero-order chi connectivity index (χ0) is 12.8. The molecule has 1 aromatic heterocycles. The van der Waals surface area contributed by atoms with E-state index in [1.807, 2.05) is 0 Å². The minimum atomic E-state index is 0.619. The van der Waals surface area contributed by atoms with Crippen molar-refractivity contribution in [2.75, 3.05) is 24.2 Å². The van der Waals surface area contributed by atoms with Crippen LogP contribution in [0.4, 0.5) is 11.6 Å². The molecule has 0 aliphatic heterocycles. The van der Waals surface area contributed by atoms with Crippen LogP contribution >= 0.6 is 0 Å². The fourth-order valence-electron chi connectivity index (χ4n) is 1.79. The SMILES string of the molecule is CCCc1c(N)ncnc1N(C)CCC(C)C. The predicted molar refractivity (Wildman–Crippen MR) is 73.2 cm³/mol. The van der Waals surface area contributed by atoms with Crippen molar-refractivity contribution in [2.45, 2.75) is 40.0 Å². The summed E-state index contributed by atoms with van der Waals surface area (Å²) >= 11 is 0. The van der Waals surface area contributed by atoms with Gasteiger partial charge < -0.3 is 10.6 Å². The topological polar surface area (TPSA) is 55.0 Å². The Kier molecular flexibility index (Phi) is 5.19. The first-order chi connectivity index (χ1) is 8.06. The summed E-state index contributed by atoms with van der Waals surface area (Å²) in [5.41, 5.74) is 7.01. The highest BCUT2D eigenvalue weighted by Crippen LogP contribution is 2.22. The van der Waals surface area contributed by atoms with E-state index in [0.717, 1.165) is 37.2 Å². The van der Waals surface area contributed by atoms with Gasteiger partial charge in [-0.15, -0.1) is 0 Å². The first-order valence-electron chi connectivity index (χ1n) is 6.36. The van der Waals surface area contributed by atoms with Crippen LogP contribution in [0, 0.1) is 5.92 Å². The smallest absolute Gasteiger partial charge is 0.137 e. The Hall–Kier alpha value is -1.32. The van der Waals surface area contributed by atoms with Crippen LogP contribution in [0.1, 0.15) is 39.2 Å². The van der Waals surface area contributed by atoms with E-state index in [1.165, 1.54) is 0 Å². The number of hydrogen-bond donors (Lipinski definition) is 1. The molecule has 0 saturated carbocycles. The summed E-state index contributed by atoms with van der Waals surface area (Å²) in [6, 6.07) is 0. The van der Waals surface area contributed by atoms with Crippen LogP contribution < -0.4 is 10.6 Å². The second-order valence-electron chi connectivity index (χ2n) is 4.92. The Balaban J connectivity index is 2.84. The summed E-state index contributed by atoms with van der Waals surface area (Å²) in [6.45, 7) is 7.61. The molecule has 0 unspecified atom stereocenters. The Morgan fingerprint density at radius 2 is 2.06 bits per heavy atom. The molecule has 2 N–H and O–H groups in total. The average molecular weight is 236 g/mol. The molecular formula is C13H24N4. The predicted octanol–water partition coefficient (Wildman–Crippen LogP) is 2.49. The van der Waals surface area contributed by atoms with E-state index in [9.17, 15) is 0 Å². The lowest BCUT2D eigenvalue weighted by Crippen LogP contribution is -2.23. The minimum Gasteiger partial charge on any atom is -0.383 e. The van der Waals surface area contributed by atoms with Crippen molar-refractivity contribution in [3.8, 4) is 0 Å². The van der Waals surface area contributed by atoms with E-state index in [2.05, 4.69) is 42.7 Å². The summed E-state index contributed by atoms with van der Waals surface area (Å²) < 4.78 is 0. The molecule has 0 aliphatic carbocycles. The van der Waals surface area contributed by atoms with Crippen molar-refractivity contribution in [2.24, 2.45) is 5.92 Å². The molecule has 0 spiro atoms. The molecule has 0 fully saturated rings. The third-order valence-corrected chi connectivity index (χ3v) is 2.86. The largest absolute Gasteiger partial charge is 0.383 e. The molecule has 0 amide bonds. The Morgan fingerprint density at radius 1 is 1.35 bits per heavy atom. The molecule has 1 aromatic rings. The number of hydrogen-bond acceptors (Lipinski definition) is 4. The van der Waals surface area contributed by atoms with Gasteiger partial charge in [-0.3, -0.25) is 0 Å². The molecular weight excluding hydrogens is 212 g/mol. The van der Waals surface area contributed by atoms with Crippen LogP contribution in [0.2, 0.25) is 0 Å². The summed E-state index contributed by atoms with van der Waals surface area (Å²) in [6.07, 6.45) is 4.71. The van der Waals surface area contributed by atoms with Crippen LogP contribution in [0.3, 0.4) is 0 Å². The van der Waals surface area contributed by atoms with Gasteiger partial charge in [0.2, 0.25) is 0 Å². The van der Waals surface area contributed by atoms with Crippen LogP contribution in [0.5, 0.6) is 0 Å². The van der Waals surface area contributed by atoms with Crippen LogP contribution in [-0.4, -0.2) is 23.6 Å². The average Bonchev–Trinajstić information content (AvgIpc) is 2.29. The molecule has 4 heteroatoms. The fourth-order valence-corrected chi connectivity index (χ4v) is 1.79.